The summed E-state index contributed by atoms with van der Waals surface area (Å²) in [5, 5.41) is 2.13. The van der Waals surface area contributed by atoms with Crippen molar-refractivity contribution in [3.8, 4) is 0 Å². The van der Waals surface area contributed by atoms with Crippen LogP contribution in [0, 0.1) is 0 Å². The van der Waals surface area contributed by atoms with E-state index in [0.29, 0.717) is 11.5 Å². The van der Waals surface area contributed by atoms with E-state index in [1.165, 1.54) is 103 Å². The minimum atomic E-state index is 0. The van der Waals surface area contributed by atoms with Crippen molar-refractivity contribution in [2.75, 3.05) is 5.75 Å². The van der Waals surface area contributed by atoms with Gasteiger partial charge in [-0.3, -0.25) is 0 Å². The maximum Gasteiger partial charge on any atom is 0.224 e. The summed E-state index contributed by atoms with van der Waals surface area (Å²) in [7, 11) is 0. The summed E-state index contributed by atoms with van der Waals surface area (Å²) in [5.41, 5.74) is 2.63. The number of hydrogen-bond donors (Lipinski definition) is 0. The normalized spacial score (nSPS) is 18.8. The van der Waals surface area contributed by atoms with E-state index in [4.69, 9.17) is 4.74 Å². The minimum absolute atomic E-state index is 0. The molecule has 1 saturated heterocycles. The first-order valence-electron chi connectivity index (χ1n) is 12.1. The lowest BCUT2D eigenvalue weighted by molar-refractivity contribution is -0.698. The highest BCUT2D eigenvalue weighted by atomic mass is 79.9. The summed E-state index contributed by atoms with van der Waals surface area (Å²) in [6.45, 7) is 3.32. The van der Waals surface area contributed by atoms with E-state index in [9.17, 15) is 0 Å². The van der Waals surface area contributed by atoms with Gasteiger partial charge in [0.2, 0.25) is 5.51 Å². The number of thioether (sulfide) groups is 1. The third-order valence-electron chi connectivity index (χ3n) is 5.80. The fraction of sp³-hybridized carbons (Fsp3) is 0.875. The molecule has 2 nitrogen and oxygen atoms in total. The van der Waals surface area contributed by atoms with Crippen molar-refractivity contribution in [2.45, 2.75) is 128 Å². The molecule has 0 radical (unpaired) electrons. The maximum atomic E-state index is 6.20. The number of unbranched alkanes of at least 4 members (excludes halogenated alkanes) is 14. The Morgan fingerprint density at radius 2 is 1.38 bits per heavy atom. The Kier molecular flexibility index (Phi) is 18.1. The Bertz CT molecular complexity index is 458. The molecule has 0 aromatic carbocycles. The lowest BCUT2D eigenvalue weighted by atomic mass is 10.0. The van der Waals surface area contributed by atoms with Gasteiger partial charge in [-0.15, -0.1) is 11.8 Å². The van der Waals surface area contributed by atoms with Crippen LogP contribution in [0.3, 0.4) is 0 Å². The van der Waals surface area contributed by atoms with Crippen molar-refractivity contribution in [3.05, 3.63) is 17.1 Å². The van der Waals surface area contributed by atoms with Gasteiger partial charge in [-0.25, -0.2) is 0 Å². The van der Waals surface area contributed by atoms with Gasteiger partial charge in [0.05, 0.1) is 5.38 Å². The van der Waals surface area contributed by atoms with E-state index in [1.807, 2.05) is 11.8 Å². The minimum Gasteiger partial charge on any atom is -1.00 e. The molecule has 1 aliphatic rings. The maximum absolute atomic E-state index is 6.20. The number of rotatable bonds is 18. The molecule has 2 unspecified atom stereocenters. The Morgan fingerprint density at radius 1 is 0.828 bits per heavy atom. The highest BCUT2D eigenvalue weighted by Crippen LogP contribution is 2.29. The van der Waals surface area contributed by atoms with Crippen molar-refractivity contribution < 1.29 is 26.3 Å². The van der Waals surface area contributed by atoms with E-state index in [-0.39, 0.29) is 17.0 Å². The first kappa shape index (κ1) is 27.5. The smallest absolute Gasteiger partial charge is 0.224 e. The molecule has 5 heteroatoms. The zero-order chi connectivity index (χ0) is 19.7. The Balaban J connectivity index is 0.00000420. The molecular formula is C24H44BrNOS2. The van der Waals surface area contributed by atoms with Gasteiger partial charge in [0, 0.05) is 5.75 Å². The average molecular weight is 507 g/mol. The van der Waals surface area contributed by atoms with E-state index < -0.39 is 0 Å². The fourth-order valence-corrected chi connectivity index (χ4v) is 5.83. The lowest BCUT2D eigenvalue weighted by Crippen LogP contribution is -3.00. The van der Waals surface area contributed by atoms with Gasteiger partial charge in [0.25, 0.3) is 0 Å². The van der Waals surface area contributed by atoms with Gasteiger partial charge in [-0.2, -0.15) is 4.57 Å². The molecular weight excluding hydrogens is 462 g/mol. The monoisotopic (exact) mass is 505 g/mol. The summed E-state index contributed by atoms with van der Waals surface area (Å²) in [6, 6.07) is 0. The lowest BCUT2D eigenvalue weighted by Gasteiger charge is -2.10. The predicted molar refractivity (Wildman–Crippen MR) is 125 cm³/mol. The second kappa shape index (κ2) is 19.1. The van der Waals surface area contributed by atoms with Crippen LogP contribution < -0.4 is 21.5 Å². The molecule has 1 aromatic rings. The number of nitrogens with zero attached hydrogens (tertiary/aromatic N) is 1. The standard InChI is InChI=1S/C24H44NOS2.BrH/c1-2-3-4-5-6-7-8-9-10-11-12-13-14-15-16-17-24-26-23(21-28-24)20-25-18-19-27-22-25;/h18-19,22-24H,2-17,20-21H2,1H3;1H/q+1;/p-1. The Morgan fingerprint density at radius 3 is 1.90 bits per heavy atom. The van der Waals surface area contributed by atoms with Crippen LogP contribution in [-0.4, -0.2) is 17.3 Å². The van der Waals surface area contributed by atoms with Gasteiger partial charge in [-0.05, 0) is 12.8 Å². The highest BCUT2D eigenvalue weighted by molar-refractivity contribution is 8.00. The van der Waals surface area contributed by atoms with Crippen LogP contribution in [-0.2, 0) is 11.3 Å². The molecule has 1 aromatic heterocycles. The SMILES string of the molecule is CCCCCCCCCCCCCCCCCC1OC(C[n+]2ccsc2)CS1.[Br-]. The number of aromatic nitrogens is 1. The predicted octanol–water partition coefficient (Wildman–Crippen LogP) is 4.76. The Labute approximate surface area is 199 Å². The van der Waals surface area contributed by atoms with Crippen LogP contribution in [0.2, 0.25) is 0 Å². The zero-order valence-electron chi connectivity index (χ0n) is 18.7. The fourth-order valence-electron chi connectivity index (χ4n) is 4.04. The Hall–Kier alpha value is 0.420. The van der Waals surface area contributed by atoms with Crippen LogP contribution in [0.1, 0.15) is 110 Å². The summed E-state index contributed by atoms with van der Waals surface area (Å²) >= 11 is 3.78. The molecule has 2 rings (SSSR count). The highest BCUT2D eigenvalue weighted by Gasteiger charge is 2.28. The second-order valence-electron chi connectivity index (χ2n) is 8.48. The van der Waals surface area contributed by atoms with E-state index in [2.05, 4.69) is 28.6 Å². The first-order chi connectivity index (χ1) is 13.9. The molecule has 0 aliphatic carbocycles. The topological polar surface area (TPSA) is 13.1 Å². The number of halogens is 1. The molecule has 29 heavy (non-hydrogen) atoms. The van der Waals surface area contributed by atoms with E-state index >= 15 is 0 Å². The van der Waals surface area contributed by atoms with Gasteiger partial charge in [0.1, 0.15) is 11.5 Å². The van der Waals surface area contributed by atoms with Crippen molar-refractivity contribution in [3.63, 3.8) is 0 Å². The summed E-state index contributed by atoms with van der Waals surface area (Å²) < 4.78 is 8.46. The quantitative estimate of drug-likeness (QED) is 0.210. The largest absolute Gasteiger partial charge is 1.00 e. The average Bonchev–Trinajstić information content (AvgIpc) is 3.37. The summed E-state index contributed by atoms with van der Waals surface area (Å²) in [5.74, 6) is 1.16. The third kappa shape index (κ3) is 14.2. The van der Waals surface area contributed by atoms with Crippen LogP contribution >= 0.6 is 23.1 Å². The number of thiazole rings is 1. The van der Waals surface area contributed by atoms with Gasteiger partial charge in [0.15, 0.2) is 12.7 Å². The molecule has 0 amide bonds. The molecule has 2 atom stereocenters. The van der Waals surface area contributed by atoms with Gasteiger partial charge < -0.3 is 21.7 Å². The molecule has 1 aliphatic heterocycles. The van der Waals surface area contributed by atoms with Crippen molar-refractivity contribution in [2.24, 2.45) is 0 Å². The van der Waals surface area contributed by atoms with Crippen molar-refractivity contribution >= 4 is 23.1 Å². The number of hydrogen-bond acceptors (Lipinski definition) is 3. The number of ether oxygens (including phenoxy) is 1. The zero-order valence-corrected chi connectivity index (χ0v) is 21.9. The van der Waals surface area contributed by atoms with Crippen molar-refractivity contribution in [1.82, 2.24) is 0 Å². The molecule has 170 valence electrons. The van der Waals surface area contributed by atoms with Gasteiger partial charge >= 0.3 is 0 Å². The summed E-state index contributed by atoms with van der Waals surface area (Å²) in [4.78, 5) is 0. The summed E-state index contributed by atoms with van der Waals surface area (Å²) in [6.07, 6.45) is 25.4. The van der Waals surface area contributed by atoms with Crippen LogP contribution in [0.25, 0.3) is 0 Å². The molecule has 0 spiro atoms. The van der Waals surface area contributed by atoms with Crippen LogP contribution in [0.4, 0.5) is 0 Å². The van der Waals surface area contributed by atoms with E-state index in [0.717, 1.165) is 12.3 Å². The molecule has 0 bridgehead atoms. The van der Waals surface area contributed by atoms with Crippen LogP contribution in [0.5, 0.6) is 0 Å². The second-order valence-corrected chi connectivity index (χ2v) is 10.4. The van der Waals surface area contributed by atoms with Gasteiger partial charge in [-0.1, -0.05) is 108 Å². The van der Waals surface area contributed by atoms with Crippen LogP contribution in [0.15, 0.2) is 17.1 Å². The van der Waals surface area contributed by atoms with E-state index in [1.54, 1.807) is 11.3 Å². The molecule has 0 saturated carbocycles. The third-order valence-corrected chi connectivity index (χ3v) is 7.75. The molecule has 2 heterocycles. The molecule has 0 N–H and O–H groups in total. The first-order valence-corrected chi connectivity index (χ1v) is 14.1. The molecule has 1 fully saturated rings. The van der Waals surface area contributed by atoms with Crippen molar-refractivity contribution in [1.29, 1.82) is 0 Å².